The van der Waals surface area contributed by atoms with Crippen LogP contribution in [0.3, 0.4) is 0 Å². The van der Waals surface area contributed by atoms with Crippen LogP contribution in [0.15, 0.2) is 30.9 Å². The fraction of sp³-hybridized carbons (Fsp3) is 0.429. The van der Waals surface area contributed by atoms with E-state index in [4.69, 9.17) is 0 Å². The molecule has 0 aliphatic heterocycles. The summed E-state index contributed by atoms with van der Waals surface area (Å²) in [6.07, 6.45) is 3.39. The molecule has 0 saturated heterocycles. The lowest BCUT2D eigenvalue weighted by atomic mass is 10.1. The van der Waals surface area contributed by atoms with Gasteiger partial charge in [0.15, 0.2) is 0 Å². The van der Waals surface area contributed by atoms with E-state index in [1.807, 2.05) is 4.90 Å². The second-order valence-corrected chi connectivity index (χ2v) is 4.56. The number of aliphatic hydroxyl groups excluding tert-OH is 1. The first-order valence-electron chi connectivity index (χ1n) is 5.98. The highest BCUT2D eigenvalue weighted by atomic mass is 19.1. The van der Waals surface area contributed by atoms with Crippen molar-refractivity contribution >= 4 is 5.69 Å². The van der Waals surface area contributed by atoms with E-state index >= 15 is 0 Å². The fourth-order valence-corrected chi connectivity index (χ4v) is 1.99. The lowest BCUT2D eigenvalue weighted by Gasteiger charge is -2.24. The van der Waals surface area contributed by atoms with E-state index in [9.17, 15) is 9.50 Å². The maximum atomic E-state index is 14.0. The summed E-state index contributed by atoms with van der Waals surface area (Å²) in [4.78, 5) is 2.04. The number of benzene rings is 1. The van der Waals surface area contributed by atoms with Crippen molar-refractivity contribution in [2.75, 3.05) is 11.4 Å². The van der Waals surface area contributed by atoms with Gasteiger partial charge in [-0.1, -0.05) is 12.1 Å². The molecule has 17 heavy (non-hydrogen) atoms. The quantitative estimate of drug-likeness (QED) is 0.793. The van der Waals surface area contributed by atoms with Crippen LogP contribution < -0.4 is 4.90 Å². The van der Waals surface area contributed by atoms with Gasteiger partial charge in [-0.3, -0.25) is 0 Å². The second-order valence-electron chi connectivity index (χ2n) is 4.56. The maximum Gasteiger partial charge on any atom is 0.146 e. The summed E-state index contributed by atoms with van der Waals surface area (Å²) < 4.78 is 14.0. The van der Waals surface area contributed by atoms with Crippen molar-refractivity contribution in [3.05, 3.63) is 42.2 Å². The monoisotopic (exact) mass is 235 g/mol. The molecule has 0 bridgehead atoms. The number of aliphatic hydroxyl groups is 1. The molecule has 3 heteroatoms. The Morgan fingerprint density at radius 3 is 2.76 bits per heavy atom. The summed E-state index contributed by atoms with van der Waals surface area (Å²) in [5.41, 5.74) is 1.22. The molecule has 1 unspecified atom stereocenters. The number of hydrogen-bond donors (Lipinski definition) is 1. The summed E-state index contributed by atoms with van der Waals surface area (Å²) >= 11 is 0. The second kappa shape index (κ2) is 4.88. The largest absolute Gasteiger partial charge is 0.389 e. The summed E-state index contributed by atoms with van der Waals surface area (Å²) in [5, 5.41) is 9.41. The number of rotatable bonds is 5. The van der Waals surface area contributed by atoms with Crippen LogP contribution in [0.5, 0.6) is 0 Å². The van der Waals surface area contributed by atoms with E-state index in [-0.39, 0.29) is 5.82 Å². The molecule has 92 valence electrons. The lowest BCUT2D eigenvalue weighted by Crippen LogP contribution is -2.26. The average molecular weight is 235 g/mol. The Morgan fingerprint density at radius 1 is 1.59 bits per heavy atom. The first kappa shape index (κ1) is 12.1. The summed E-state index contributed by atoms with van der Waals surface area (Å²) in [6, 6.07) is 5.39. The van der Waals surface area contributed by atoms with E-state index in [2.05, 4.69) is 6.58 Å². The minimum atomic E-state index is -0.632. The molecule has 1 aliphatic carbocycles. The standard InChI is InChI=1S/C14H18FNO/c1-3-8-16(12-5-6-12)14-7-4-11(10(2)17)9-13(14)15/h3-4,7,9-10,12,17H,1,5-6,8H2,2H3. The highest BCUT2D eigenvalue weighted by Crippen LogP contribution is 2.33. The minimum absolute atomic E-state index is 0.267. The van der Waals surface area contributed by atoms with E-state index < -0.39 is 6.10 Å². The average Bonchev–Trinajstić information content (AvgIpc) is 3.10. The van der Waals surface area contributed by atoms with Crippen LogP contribution in [0.4, 0.5) is 10.1 Å². The van der Waals surface area contributed by atoms with Gasteiger partial charge >= 0.3 is 0 Å². The molecule has 1 N–H and O–H groups in total. The van der Waals surface area contributed by atoms with E-state index in [0.717, 1.165) is 12.8 Å². The van der Waals surface area contributed by atoms with Crippen LogP contribution in [0, 0.1) is 5.82 Å². The normalized spacial score (nSPS) is 16.6. The first-order chi connectivity index (χ1) is 8.13. The van der Waals surface area contributed by atoms with Crippen molar-refractivity contribution in [3.63, 3.8) is 0 Å². The van der Waals surface area contributed by atoms with Crippen LogP contribution in [0.1, 0.15) is 31.4 Å². The SMILES string of the molecule is C=CCN(c1ccc(C(C)O)cc1F)C1CC1. The lowest BCUT2D eigenvalue weighted by molar-refractivity contribution is 0.199. The molecular formula is C14H18FNO. The molecule has 1 atom stereocenters. The number of nitrogens with zero attached hydrogens (tertiary/aromatic N) is 1. The highest BCUT2D eigenvalue weighted by Gasteiger charge is 2.29. The number of anilines is 1. The summed E-state index contributed by atoms with van der Waals surface area (Å²) in [7, 11) is 0. The van der Waals surface area contributed by atoms with Crippen LogP contribution in [-0.2, 0) is 0 Å². The minimum Gasteiger partial charge on any atom is -0.389 e. The molecule has 1 aromatic carbocycles. The van der Waals surface area contributed by atoms with Crippen molar-refractivity contribution in [2.24, 2.45) is 0 Å². The molecule has 2 nitrogen and oxygen atoms in total. The zero-order valence-electron chi connectivity index (χ0n) is 10.1. The molecule has 1 fully saturated rings. The van der Waals surface area contributed by atoms with Crippen molar-refractivity contribution in [3.8, 4) is 0 Å². The predicted molar refractivity (Wildman–Crippen MR) is 67.6 cm³/mol. The Morgan fingerprint density at radius 2 is 2.29 bits per heavy atom. The molecule has 0 spiro atoms. The van der Waals surface area contributed by atoms with Gasteiger partial charge in [-0.25, -0.2) is 4.39 Å². The maximum absolute atomic E-state index is 14.0. The molecular weight excluding hydrogens is 217 g/mol. The topological polar surface area (TPSA) is 23.5 Å². The first-order valence-corrected chi connectivity index (χ1v) is 5.98. The molecule has 0 aromatic heterocycles. The smallest absolute Gasteiger partial charge is 0.146 e. The van der Waals surface area contributed by atoms with Gasteiger partial charge in [-0.2, -0.15) is 0 Å². The van der Waals surface area contributed by atoms with E-state index in [1.54, 1.807) is 25.1 Å². The molecule has 2 rings (SSSR count). The van der Waals surface area contributed by atoms with Crippen LogP contribution in [0.25, 0.3) is 0 Å². The third-order valence-corrected chi connectivity index (χ3v) is 3.08. The Kier molecular flexibility index (Phi) is 3.48. The zero-order valence-corrected chi connectivity index (χ0v) is 10.1. The third-order valence-electron chi connectivity index (χ3n) is 3.08. The van der Waals surface area contributed by atoms with Crippen LogP contribution >= 0.6 is 0 Å². The van der Waals surface area contributed by atoms with Crippen molar-refractivity contribution in [1.29, 1.82) is 0 Å². The molecule has 1 aliphatic rings. The van der Waals surface area contributed by atoms with Gasteiger partial charge in [-0.05, 0) is 37.5 Å². The number of halogens is 1. The van der Waals surface area contributed by atoms with E-state index in [1.165, 1.54) is 6.07 Å². The van der Waals surface area contributed by atoms with Crippen molar-refractivity contribution < 1.29 is 9.50 Å². The molecule has 1 aromatic rings. The molecule has 0 heterocycles. The van der Waals surface area contributed by atoms with Gasteiger partial charge in [0.25, 0.3) is 0 Å². The van der Waals surface area contributed by atoms with Crippen LogP contribution in [0.2, 0.25) is 0 Å². The third kappa shape index (κ3) is 2.67. The Labute approximate surface area is 101 Å². The Balaban J connectivity index is 2.27. The van der Waals surface area contributed by atoms with Crippen molar-refractivity contribution in [2.45, 2.75) is 31.9 Å². The van der Waals surface area contributed by atoms with Gasteiger partial charge in [0.2, 0.25) is 0 Å². The fourth-order valence-electron chi connectivity index (χ4n) is 1.99. The van der Waals surface area contributed by atoms with Crippen molar-refractivity contribution in [1.82, 2.24) is 0 Å². The number of hydrogen-bond acceptors (Lipinski definition) is 2. The molecule has 0 radical (unpaired) electrons. The zero-order chi connectivity index (χ0) is 12.4. The predicted octanol–water partition coefficient (Wildman–Crippen LogP) is 3.03. The highest BCUT2D eigenvalue weighted by molar-refractivity contribution is 5.52. The Bertz CT molecular complexity index is 413. The summed E-state index contributed by atoms with van der Waals surface area (Å²) in [5.74, 6) is -0.267. The summed E-state index contributed by atoms with van der Waals surface area (Å²) in [6.45, 7) is 6.01. The van der Waals surface area contributed by atoms with Gasteiger partial charge in [-0.15, -0.1) is 6.58 Å². The van der Waals surface area contributed by atoms with E-state index in [0.29, 0.717) is 23.8 Å². The molecule has 0 amide bonds. The Hall–Kier alpha value is -1.35. The van der Waals surface area contributed by atoms with Gasteiger partial charge < -0.3 is 10.0 Å². The van der Waals surface area contributed by atoms with Gasteiger partial charge in [0.1, 0.15) is 5.82 Å². The van der Waals surface area contributed by atoms with Gasteiger partial charge in [0.05, 0.1) is 11.8 Å². The van der Waals surface area contributed by atoms with Gasteiger partial charge in [0, 0.05) is 12.6 Å². The van der Waals surface area contributed by atoms with Crippen LogP contribution in [-0.4, -0.2) is 17.7 Å². The molecule has 1 saturated carbocycles.